The van der Waals surface area contributed by atoms with Crippen molar-refractivity contribution in [2.75, 3.05) is 12.4 Å². The molecule has 0 heterocycles. The molecule has 130 valence electrons. The monoisotopic (exact) mass is 334 g/mol. The molecule has 1 atom stereocenters. The molecule has 0 unspecified atom stereocenters. The van der Waals surface area contributed by atoms with Gasteiger partial charge in [-0.1, -0.05) is 6.92 Å². The number of benzene rings is 1. The Kier molecular flexibility index (Phi) is 7.61. The van der Waals surface area contributed by atoms with Gasteiger partial charge < -0.3 is 15.4 Å². The fraction of sp³-hybridized carbons (Fsp3) is 0.412. The number of ketones is 1. The molecule has 0 aliphatic carbocycles. The summed E-state index contributed by atoms with van der Waals surface area (Å²) in [5.41, 5.74) is 0.900. The Morgan fingerprint density at radius 1 is 1.12 bits per heavy atom. The van der Waals surface area contributed by atoms with Gasteiger partial charge in [0.2, 0.25) is 5.91 Å². The molecule has 1 aromatic carbocycles. The Hall–Kier alpha value is -2.70. The van der Waals surface area contributed by atoms with Crippen LogP contribution in [0.15, 0.2) is 24.3 Å². The minimum atomic E-state index is -0.881. The van der Waals surface area contributed by atoms with E-state index in [9.17, 15) is 19.2 Å². The Morgan fingerprint density at radius 3 is 2.25 bits per heavy atom. The van der Waals surface area contributed by atoms with Crippen molar-refractivity contribution in [2.45, 2.75) is 39.2 Å². The van der Waals surface area contributed by atoms with Crippen LogP contribution in [-0.4, -0.2) is 36.7 Å². The van der Waals surface area contributed by atoms with Crippen LogP contribution in [-0.2, 0) is 19.1 Å². The average molecular weight is 334 g/mol. The van der Waals surface area contributed by atoms with Crippen LogP contribution in [0.1, 0.15) is 43.5 Å². The third-order valence-corrected chi connectivity index (χ3v) is 3.36. The van der Waals surface area contributed by atoms with Gasteiger partial charge >= 0.3 is 5.97 Å². The number of carbonyl (C=O) groups excluding carboxylic acids is 4. The first-order chi connectivity index (χ1) is 11.4. The zero-order valence-corrected chi connectivity index (χ0v) is 14.0. The summed E-state index contributed by atoms with van der Waals surface area (Å²) in [6.45, 7) is 3.13. The second-order valence-electron chi connectivity index (χ2n) is 5.24. The molecule has 0 saturated carbocycles. The van der Waals surface area contributed by atoms with Crippen LogP contribution in [0.5, 0.6) is 0 Å². The Bertz CT molecular complexity index is 610. The van der Waals surface area contributed by atoms with Gasteiger partial charge in [0.05, 0.1) is 7.11 Å². The van der Waals surface area contributed by atoms with E-state index in [1.807, 2.05) is 0 Å². The van der Waals surface area contributed by atoms with E-state index in [4.69, 9.17) is 0 Å². The quantitative estimate of drug-likeness (QED) is 0.704. The molecular weight excluding hydrogens is 312 g/mol. The third-order valence-electron chi connectivity index (χ3n) is 3.36. The molecule has 0 aliphatic rings. The number of esters is 1. The number of nitrogens with one attached hydrogen (secondary N) is 2. The van der Waals surface area contributed by atoms with Crippen molar-refractivity contribution in [1.82, 2.24) is 5.32 Å². The molecular formula is C17H22N2O5. The van der Waals surface area contributed by atoms with E-state index >= 15 is 0 Å². The van der Waals surface area contributed by atoms with Gasteiger partial charge in [0, 0.05) is 31.0 Å². The molecule has 0 aliphatic heterocycles. The molecule has 24 heavy (non-hydrogen) atoms. The number of hydrogen-bond donors (Lipinski definition) is 2. The smallest absolute Gasteiger partial charge is 0.328 e. The first-order valence-electron chi connectivity index (χ1n) is 7.65. The number of carbonyl (C=O) groups is 4. The fourth-order valence-corrected chi connectivity index (χ4v) is 2.02. The zero-order valence-electron chi connectivity index (χ0n) is 14.0. The highest BCUT2D eigenvalue weighted by atomic mass is 16.5. The summed E-state index contributed by atoms with van der Waals surface area (Å²) < 4.78 is 4.67. The minimum absolute atomic E-state index is 0.0119. The largest absolute Gasteiger partial charge is 0.467 e. The summed E-state index contributed by atoms with van der Waals surface area (Å²) in [5.74, 6) is -1.25. The Morgan fingerprint density at radius 2 is 1.75 bits per heavy atom. The van der Waals surface area contributed by atoms with Gasteiger partial charge in [-0.05, 0) is 30.7 Å². The van der Waals surface area contributed by atoms with E-state index in [1.165, 1.54) is 26.2 Å². The average Bonchev–Trinajstić information content (AvgIpc) is 2.57. The third kappa shape index (κ3) is 6.20. The highest BCUT2D eigenvalue weighted by Gasteiger charge is 2.22. The van der Waals surface area contributed by atoms with Crippen molar-refractivity contribution < 1.29 is 23.9 Å². The molecule has 2 N–H and O–H groups in total. The van der Waals surface area contributed by atoms with Gasteiger partial charge in [-0.25, -0.2) is 4.79 Å². The lowest BCUT2D eigenvalue weighted by molar-refractivity contribution is -0.143. The van der Waals surface area contributed by atoms with E-state index in [0.29, 0.717) is 17.7 Å². The van der Waals surface area contributed by atoms with Crippen LogP contribution in [0.4, 0.5) is 5.69 Å². The lowest BCUT2D eigenvalue weighted by atomic mass is 10.1. The number of methoxy groups -OCH3 is 1. The summed E-state index contributed by atoms with van der Waals surface area (Å²) in [5, 5.41) is 5.17. The Balaban J connectivity index is 2.74. The maximum absolute atomic E-state index is 12.2. The summed E-state index contributed by atoms with van der Waals surface area (Å²) in [6.07, 6.45) is 0.763. The van der Waals surface area contributed by atoms with E-state index < -0.39 is 17.9 Å². The molecule has 0 bridgehead atoms. The number of hydrogen-bond acceptors (Lipinski definition) is 5. The Labute approximate surface area is 140 Å². The molecule has 0 radical (unpaired) electrons. The van der Waals surface area contributed by atoms with Crippen LogP contribution < -0.4 is 10.6 Å². The van der Waals surface area contributed by atoms with E-state index in [2.05, 4.69) is 15.4 Å². The van der Waals surface area contributed by atoms with Crippen molar-refractivity contribution in [3.63, 3.8) is 0 Å². The lowest BCUT2D eigenvalue weighted by Gasteiger charge is -2.16. The number of ether oxygens (including phenoxy) is 1. The van der Waals surface area contributed by atoms with Crippen LogP contribution in [0, 0.1) is 0 Å². The van der Waals surface area contributed by atoms with Gasteiger partial charge in [-0.2, -0.15) is 0 Å². The maximum atomic E-state index is 12.2. The van der Waals surface area contributed by atoms with E-state index in [-0.39, 0.29) is 24.5 Å². The van der Waals surface area contributed by atoms with Gasteiger partial charge in [-0.15, -0.1) is 0 Å². The van der Waals surface area contributed by atoms with Crippen LogP contribution in [0.25, 0.3) is 0 Å². The van der Waals surface area contributed by atoms with Gasteiger partial charge in [0.15, 0.2) is 0 Å². The molecule has 0 spiro atoms. The topological polar surface area (TPSA) is 102 Å². The predicted octanol–water partition coefficient (Wildman–Crippen LogP) is 1.68. The molecule has 1 aromatic rings. The van der Waals surface area contributed by atoms with Crippen LogP contribution >= 0.6 is 0 Å². The maximum Gasteiger partial charge on any atom is 0.328 e. The second-order valence-corrected chi connectivity index (χ2v) is 5.24. The van der Waals surface area contributed by atoms with Crippen molar-refractivity contribution in [2.24, 2.45) is 0 Å². The second kappa shape index (κ2) is 9.44. The van der Waals surface area contributed by atoms with Crippen molar-refractivity contribution in [1.29, 1.82) is 0 Å². The van der Waals surface area contributed by atoms with Crippen molar-refractivity contribution >= 4 is 29.3 Å². The molecule has 7 nitrogen and oxygen atoms in total. The predicted molar refractivity (Wildman–Crippen MR) is 88.5 cm³/mol. The molecule has 0 saturated heterocycles. The first-order valence-corrected chi connectivity index (χ1v) is 7.65. The minimum Gasteiger partial charge on any atom is -0.467 e. The van der Waals surface area contributed by atoms with Crippen molar-refractivity contribution in [3.05, 3.63) is 29.8 Å². The number of Topliss-reactive ketones (excluding diaryl/α,β-unsaturated/α-hetero) is 1. The number of anilines is 1. The molecule has 7 heteroatoms. The van der Waals surface area contributed by atoms with Gasteiger partial charge in [0.25, 0.3) is 5.91 Å². The highest BCUT2D eigenvalue weighted by Crippen LogP contribution is 2.10. The van der Waals surface area contributed by atoms with Gasteiger partial charge in [-0.3, -0.25) is 14.4 Å². The zero-order chi connectivity index (χ0) is 18.1. The van der Waals surface area contributed by atoms with Crippen molar-refractivity contribution in [3.8, 4) is 0 Å². The SMILES string of the molecule is CCC(=O)CC[C@H](NC(=O)c1ccc(NC(C)=O)cc1)C(=O)OC. The standard InChI is InChI=1S/C17H22N2O5/c1-4-14(21)9-10-15(17(23)24-3)19-16(22)12-5-7-13(8-6-12)18-11(2)20/h5-8,15H,4,9-10H2,1-3H3,(H,18,20)(H,19,22)/t15-/m0/s1. The lowest BCUT2D eigenvalue weighted by Crippen LogP contribution is -2.41. The molecule has 0 aromatic heterocycles. The highest BCUT2D eigenvalue weighted by molar-refractivity contribution is 5.97. The van der Waals surface area contributed by atoms with Gasteiger partial charge in [0.1, 0.15) is 11.8 Å². The number of amides is 2. The summed E-state index contributed by atoms with van der Waals surface area (Å²) >= 11 is 0. The van der Waals surface area contributed by atoms with Crippen LogP contribution in [0.3, 0.4) is 0 Å². The summed E-state index contributed by atoms with van der Waals surface area (Å²) in [4.78, 5) is 46.4. The first kappa shape index (κ1) is 19.3. The normalized spacial score (nSPS) is 11.3. The fourth-order valence-electron chi connectivity index (χ4n) is 2.02. The van der Waals surface area contributed by atoms with E-state index in [1.54, 1.807) is 19.1 Å². The molecule has 1 rings (SSSR count). The molecule has 2 amide bonds. The molecule has 0 fully saturated rings. The summed E-state index contributed by atoms with van der Waals surface area (Å²) in [6, 6.07) is 5.36. The van der Waals surface area contributed by atoms with E-state index in [0.717, 1.165) is 0 Å². The van der Waals surface area contributed by atoms with Crippen LogP contribution in [0.2, 0.25) is 0 Å². The summed E-state index contributed by atoms with van der Waals surface area (Å²) in [7, 11) is 1.23. The number of rotatable bonds is 8.